The lowest BCUT2D eigenvalue weighted by Crippen LogP contribution is -2.38. The third-order valence-corrected chi connectivity index (χ3v) is 6.12. The topological polar surface area (TPSA) is 113 Å². The van der Waals surface area contributed by atoms with Crippen LogP contribution in [0.25, 0.3) is 22.3 Å². The number of rotatable bonds is 5. The predicted molar refractivity (Wildman–Crippen MR) is 115 cm³/mol. The van der Waals surface area contributed by atoms with E-state index in [1.165, 1.54) is 6.33 Å². The number of hydrogen-bond acceptors (Lipinski definition) is 6. The summed E-state index contributed by atoms with van der Waals surface area (Å²) < 4.78 is 2.60. The van der Waals surface area contributed by atoms with Gasteiger partial charge in [-0.25, -0.2) is 14.7 Å². The molecule has 1 saturated heterocycles. The van der Waals surface area contributed by atoms with Gasteiger partial charge in [0.15, 0.2) is 5.15 Å². The maximum absolute atomic E-state index is 12.3. The van der Waals surface area contributed by atoms with E-state index in [1.807, 2.05) is 28.0 Å². The fraction of sp³-hybridized carbons (Fsp3) is 0.286. The number of anilines is 1. The highest BCUT2D eigenvalue weighted by molar-refractivity contribution is 6.28. The van der Waals surface area contributed by atoms with Gasteiger partial charge in [0, 0.05) is 35.3 Å². The average molecular weight is 435 g/mol. The third-order valence-electron chi connectivity index (χ3n) is 5.84. The largest absolute Gasteiger partial charge is 0.710 e. The number of pyridine rings is 1. The van der Waals surface area contributed by atoms with Gasteiger partial charge in [-0.2, -0.15) is 10.4 Å². The van der Waals surface area contributed by atoms with Crippen molar-refractivity contribution < 1.29 is 4.73 Å². The molecule has 2 unspecified atom stereocenters. The number of nitriles is 1. The van der Waals surface area contributed by atoms with Gasteiger partial charge in [-0.1, -0.05) is 0 Å². The van der Waals surface area contributed by atoms with E-state index < -0.39 is 0 Å². The van der Waals surface area contributed by atoms with Gasteiger partial charge in [0.25, 0.3) is 5.82 Å². The van der Waals surface area contributed by atoms with E-state index in [2.05, 4.69) is 26.1 Å². The molecule has 1 N–H and O–H groups in total. The highest BCUT2D eigenvalue weighted by Crippen LogP contribution is 2.33. The van der Waals surface area contributed by atoms with Crippen molar-refractivity contribution in [1.82, 2.24) is 24.7 Å². The van der Waals surface area contributed by atoms with E-state index in [4.69, 9.17) is 11.6 Å². The van der Waals surface area contributed by atoms with Crippen molar-refractivity contribution in [2.75, 3.05) is 18.0 Å². The summed E-state index contributed by atoms with van der Waals surface area (Å²) in [5.41, 5.74) is 2.44. The first kappa shape index (κ1) is 19.3. The van der Waals surface area contributed by atoms with E-state index in [9.17, 15) is 10.5 Å². The van der Waals surface area contributed by atoms with E-state index in [0.29, 0.717) is 18.8 Å². The minimum absolute atomic E-state index is 0.105. The van der Waals surface area contributed by atoms with Crippen LogP contribution in [-0.2, 0) is 0 Å². The summed E-state index contributed by atoms with van der Waals surface area (Å²) in [6.45, 7) is 1.37. The van der Waals surface area contributed by atoms with Gasteiger partial charge in [-0.15, -0.1) is 0 Å². The molecule has 0 bridgehead atoms. The molecule has 0 aromatic carbocycles. The van der Waals surface area contributed by atoms with Crippen LogP contribution in [0.4, 0.5) is 5.82 Å². The van der Waals surface area contributed by atoms with E-state index >= 15 is 0 Å². The summed E-state index contributed by atoms with van der Waals surface area (Å²) in [6.07, 6.45) is 8.24. The molecule has 0 spiro atoms. The van der Waals surface area contributed by atoms with Gasteiger partial charge in [-0.3, -0.25) is 9.58 Å². The molecule has 2 atom stereocenters. The van der Waals surface area contributed by atoms with Gasteiger partial charge < -0.3 is 10.2 Å². The zero-order valence-corrected chi connectivity index (χ0v) is 17.3. The molecule has 0 aliphatic carbocycles. The molecule has 0 saturated carbocycles. The van der Waals surface area contributed by atoms with Crippen molar-refractivity contribution in [3.63, 3.8) is 0 Å². The van der Waals surface area contributed by atoms with Gasteiger partial charge in [0.2, 0.25) is 0 Å². The molecule has 5 heterocycles. The van der Waals surface area contributed by atoms with Gasteiger partial charge in [0.1, 0.15) is 12.0 Å². The van der Waals surface area contributed by atoms with Crippen molar-refractivity contribution in [3.05, 3.63) is 59.5 Å². The lowest BCUT2D eigenvalue weighted by atomic mass is 9.96. The second kappa shape index (κ2) is 7.89. The Bertz CT molecular complexity index is 1280. The van der Waals surface area contributed by atoms with Crippen LogP contribution in [0.2, 0.25) is 5.15 Å². The zero-order valence-electron chi connectivity index (χ0n) is 16.5. The van der Waals surface area contributed by atoms with Crippen LogP contribution in [0, 0.1) is 22.5 Å². The van der Waals surface area contributed by atoms with Crippen molar-refractivity contribution in [3.8, 4) is 17.3 Å². The Kier molecular flexibility index (Phi) is 4.92. The molecule has 4 aromatic heterocycles. The van der Waals surface area contributed by atoms with Crippen molar-refractivity contribution in [2.24, 2.45) is 5.92 Å². The maximum atomic E-state index is 12.3. The molecule has 1 aliphatic rings. The standard InChI is InChI=1S/C21H19ClN8O/c22-18-2-1-3-19(30(18)31)28-9-6-14(11-28)17(4-7-23)29-12-15(10-27-29)20-16-5-8-24-21(16)26-13-25-20/h1-3,5,8,10,12-14,17H,4,6,9,11H2,(H,24,25,26). The number of halogens is 1. The van der Waals surface area contributed by atoms with E-state index in [1.54, 1.807) is 24.4 Å². The second-order valence-corrected chi connectivity index (χ2v) is 7.98. The van der Waals surface area contributed by atoms with Crippen LogP contribution in [0.1, 0.15) is 18.9 Å². The summed E-state index contributed by atoms with van der Waals surface area (Å²) >= 11 is 5.99. The summed E-state index contributed by atoms with van der Waals surface area (Å²) in [6, 6.07) is 9.24. The number of nitrogens with one attached hydrogen (secondary N) is 1. The Morgan fingerprint density at radius 3 is 3.13 bits per heavy atom. The number of fused-ring (bicyclic) bond motifs is 1. The van der Waals surface area contributed by atoms with Crippen LogP contribution in [0.15, 0.2) is 49.2 Å². The third kappa shape index (κ3) is 3.45. The fourth-order valence-electron chi connectivity index (χ4n) is 4.32. The highest BCUT2D eigenvalue weighted by Gasteiger charge is 2.36. The summed E-state index contributed by atoms with van der Waals surface area (Å²) in [5, 5.41) is 27.4. The Hall–Kier alpha value is -3.64. The molecule has 31 heavy (non-hydrogen) atoms. The molecule has 1 aliphatic heterocycles. The quantitative estimate of drug-likeness (QED) is 0.293. The van der Waals surface area contributed by atoms with Crippen LogP contribution < -0.4 is 9.63 Å². The smallest absolute Gasteiger partial charge is 0.280 e. The highest BCUT2D eigenvalue weighted by atomic mass is 35.5. The number of aromatic nitrogens is 6. The van der Waals surface area contributed by atoms with Crippen LogP contribution >= 0.6 is 11.6 Å². The molecule has 10 heteroatoms. The molecular weight excluding hydrogens is 416 g/mol. The first-order valence-corrected chi connectivity index (χ1v) is 10.4. The molecule has 0 radical (unpaired) electrons. The normalized spacial score (nSPS) is 17.2. The molecule has 4 aromatic rings. The van der Waals surface area contributed by atoms with Crippen LogP contribution in [-0.4, -0.2) is 37.8 Å². The van der Waals surface area contributed by atoms with Crippen molar-refractivity contribution in [2.45, 2.75) is 18.9 Å². The second-order valence-electron chi connectivity index (χ2n) is 7.60. The molecule has 0 amide bonds. The Labute approximate surface area is 183 Å². The van der Waals surface area contributed by atoms with Crippen LogP contribution in [0.5, 0.6) is 0 Å². The number of aromatic amines is 1. The SMILES string of the molecule is N#CCC(C1CCN(c2cccc(Cl)[n+]2[O-])C1)n1cc(-c2ncnc3[nH]ccc23)cn1. The molecular formula is C21H19ClN8O. The summed E-state index contributed by atoms with van der Waals surface area (Å²) in [4.78, 5) is 13.8. The average Bonchev–Trinajstić information content (AvgIpc) is 3.54. The Balaban J connectivity index is 1.42. The first-order chi connectivity index (χ1) is 15.2. The van der Waals surface area contributed by atoms with Gasteiger partial charge >= 0.3 is 0 Å². The maximum Gasteiger partial charge on any atom is 0.280 e. The first-order valence-electron chi connectivity index (χ1n) is 9.98. The van der Waals surface area contributed by atoms with E-state index in [0.717, 1.165) is 40.0 Å². The predicted octanol–water partition coefficient (Wildman–Crippen LogP) is 3.09. The Morgan fingerprint density at radius 2 is 2.26 bits per heavy atom. The zero-order chi connectivity index (χ0) is 21.4. The minimum Gasteiger partial charge on any atom is -0.710 e. The molecule has 9 nitrogen and oxygen atoms in total. The van der Waals surface area contributed by atoms with Gasteiger partial charge in [0.05, 0.1) is 43.5 Å². The molecule has 156 valence electrons. The lowest BCUT2D eigenvalue weighted by Gasteiger charge is -2.21. The minimum atomic E-state index is -0.105. The monoisotopic (exact) mass is 434 g/mol. The number of nitrogens with zero attached hydrogens (tertiary/aromatic N) is 7. The number of H-pyrrole nitrogens is 1. The molecule has 1 fully saturated rings. The summed E-state index contributed by atoms with van der Waals surface area (Å²) in [7, 11) is 0. The van der Waals surface area contributed by atoms with Crippen molar-refractivity contribution >= 4 is 28.5 Å². The fourth-order valence-corrected chi connectivity index (χ4v) is 4.47. The Morgan fingerprint density at radius 1 is 1.35 bits per heavy atom. The van der Waals surface area contributed by atoms with Crippen molar-refractivity contribution in [1.29, 1.82) is 5.26 Å². The summed E-state index contributed by atoms with van der Waals surface area (Å²) in [5.74, 6) is 0.701. The van der Waals surface area contributed by atoms with Crippen LogP contribution in [0.3, 0.4) is 0 Å². The molecule has 5 rings (SSSR count). The van der Waals surface area contributed by atoms with E-state index in [-0.39, 0.29) is 17.1 Å². The number of hydrogen-bond donors (Lipinski definition) is 1. The van der Waals surface area contributed by atoms with Gasteiger partial charge in [-0.05, 0) is 36.2 Å². The lowest BCUT2D eigenvalue weighted by molar-refractivity contribution is -0.589.